The predicted octanol–water partition coefficient (Wildman–Crippen LogP) is 4.88. The van der Waals surface area contributed by atoms with Crippen LogP contribution in [0.4, 0.5) is 10.1 Å². The van der Waals surface area contributed by atoms with Crippen LogP contribution >= 0.6 is 0 Å². The molecule has 2 aromatic carbocycles. The molecule has 7 heteroatoms. The van der Waals surface area contributed by atoms with Gasteiger partial charge in [-0.25, -0.2) is 4.39 Å². The van der Waals surface area contributed by atoms with E-state index in [9.17, 15) is 9.18 Å². The van der Waals surface area contributed by atoms with E-state index in [0.717, 1.165) is 29.7 Å². The number of hydrogen-bond acceptors (Lipinski definition) is 5. The van der Waals surface area contributed by atoms with E-state index in [-0.39, 0.29) is 17.6 Å². The molecule has 1 unspecified atom stereocenters. The summed E-state index contributed by atoms with van der Waals surface area (Å²) in [5.41, 5.74) is 2.23. The normalized spacial score (nSPS) is 16.3. The Hall–Kier alpha value is -3.22. The number of anilines is 1. The summed E-state index contributed by atoms with van der Waals surface area (Å²) < 4.78 is 24.5. The van der Waals surface area contributed by atoms with E-state index in [1.165, 1.54) is 12.1 Å². The zero-order valence-electron chi connectivity index (χ0n) is 17.1. The van der Waals surface area contributed by atoms with Gasteiger partial charge in [0, 0.05) is 30.1 Å². The molecular formula is C23H24FN3O3. The second kappa shape index (κ2) is 8.65. The Morgan fingerprint density at radius 1 is 1.23 bits per heavy atom. The van der Waals surface area contributed by atoms with Crippen molar-refractivity contribution in [2.45, 2.75) is 39.0 Å². The van der Waals surface area contributed by atoms with Crippen molar-refractivity contribution in [1.29, 1.82) is 0 Å². The summed E-state index contributed by atoms with van der Waals surface area (Å²) in [5.74, 6) is 1.20. The van der Waals surface area contributed by atoms with E-state index in [4.69, 9.17) is 9.26 Å². The van der Waals surface area contributed by atoms with Crippen molar-refractivity contribution < 1.29 is 18.4 Å². The van der Waals surface area contributed by atoms with Crippen molar-refractivity contribution in [3.8, 4) is 17.2 Å². The number of halogens is 1. The minimum atomic E-state index is -0.316. The lowest BCUT2D eigenvalue weighted by Gasteiger charge is -2.18. The first kappa shape index (κ1) is 20.1. The summed E-state index contributed by atoms with van der Waals surface area (Å²) in [6, 6.07) is 12.0. The maximum absolute atomic E-state index is 13.4. The van der Waals surface area contributed by atoms with Crippen molar-refractivity contribution in [3.63, 3.8) is 0 Å². The van der Waals surface area contributed by atoms with Gasteiger partial charge in [-0.1, -0.05) is 18.5 Å². The number of aryl methyl sites for hydroxylation is 1. The molecule has 6 nitrogen and oxygen atoms in total. The zero-order chi connectivity index (χ0) is 21.1. The molecule has 1 aromatic heterocycles. The van der Waals surface area contributed by atoms with Crippen LogP contribution in [0.25, 0.3) is 11.5 Å². The SMILES string of the molecule is CCCCOc1ccc(-c2nc(C3CC(=O)N(c4ccc(F)cc4C)C3)no2)cc1. The molecule has 0 saturated carbocycles. The first-order valence-corrected chi connectivity index (χ1v) is 10.2. The van der Waals surface area contributed by atoms with Gasteiger partial charge in [-0.05, 0) is 61.4 Å². The third-order valence-electron chi connectivity index (χ3n) is 5.25. The van der Waals surface area contributed by atoms with Crippen molar-refractivity contribution in [2.24, 2.45) is 0 Å². The lowest BCUT2D eigenvalue weighted by Crippen LogP contribution is -2.25. The summed E-state index contributed by atoms with van der Waals surface area (Å²) >= 11 is 0. The molecule has 1 amide bonds. The van der Waals surface area contributed by atoms with E-state index in [1.54, 1.807) is 17.9 Å². The fraction of sp³-hybridized carbons (Fsp3) is 0.348. The number of ether oxygens (including phenoxy) is 1. The summed E-state index contributed by atoms with van der Waals surface area (Å²) in [7, 11) is 0. The molecule has 1 saturated heterocycles. The van der Waals surface area contributed by atoms with Gasteiger partial charge in [0.1, 0.15) is 11.6 Å². The molecule has 1 atom stereocenters. The van der Waals surface area contributed by atoms with Gasteiger partial charge in [0.2, 0.25) is 5.91 Å². The molecule has 156 valence electrons. The van der Waals surface area contributed by atoms with Crippen molar-refractivity contribution in [2.75, 3.05) is 18.1 Å². The molecule has 1 aliphatic rings. The summed E-state index contributed by atoms with van der Waals surface area (Å²) in [6.07, 6.45) is 2.40. The van der Waals surface area contributed by atoms with Crippen LogP contribution in [-0.2, 0) is 4.79 Å². The predicted molar refractivity (Wildman–Crippen MR) is 111 cm³/mol. The number of carbonyl (C=O) groups is 1. The van der Waals surface area contributed by atoms with Gasteiger partial charge in [0.25, 0.3) is 5.89 Å². The molecule has 0 spiro atoms. The highest BCUT2D eigenvalue weighted by Gasteiger charge is 2.35. The Morgan fingerprint density at radius 2 is 2.03 bits per heavy atom. The second-order valence-electron chi connectivity index (χ2n) is 7.52. The number of carbonyl (C=O) groups excluding carboxylic acids is 1. The minimum Gasteiger partial charge on any atom is -0.494 e. The quantitative estimate of drug-likeness (QED) is 0.520. The zero-order valence-corrected chi connectivity index (χ0v) is 17.1. The number of aromatic nitrogens is 2. The highest BCUT2D eigenvalue weighted by molar-refractivity contribution is 5.97. The maximum atomic E-state index is 13.4. The number of hydrogen-bond donors (Lipinski definition) is 0. The summed E-state index contributed by atoms with van der Waals surface area (Å²) in [4.78, 5) is 18.7. The Labute approximate surface area is 174 Å². The third-order valence-corrected chi connectivity index (χ3v) is 5.25. The number of rotatable bonds is 7. The summed E-state index contributed by atoms with van der Waals surface area (Å²) in [6.45, 7) is 5.05. The van der Waals surface area contributed by atoms with Crippen LogP contribution < -0.4 is 9.64 Å². The highest BCUT2D eigenvalue weighted by Crippen LogP contribution is 2.33. The Morgan fingerprint density at radius 3 is 2.77 bits per heavy atom. The lowest BCUT2D eigenvalue weighted by molar-refractivity contribution is -0.117. The Kier molecular flexibility index (Phi) is 5.79. The molecule has 4 rings (SSSR count). The molecule has 1 aliphatic heterocycles. The molecule has 1 fully saturated rings. The van der Waals surface area contributed by atoms with E-state index in [1.807, 2.05) is 24.3 Å². The molecule has 30 heavy (non-hydrogen) atoms. The van der Waals surface area contributed by atoms with Crippen molar-refractivity contribution >= 4 is 11.6 Å². The van der Waals surface area contributed by atoms with Crippen LogP contribution in [0.3, 0.4) is 0 Å². The van der Waals surface area contributed by atoms with Gasteiger partial charge < -0.3 is 14.2 Å². The van der Waals surface area contributed by atoms with E-state index >= 15 is 0 Å². The second-order valence-corrected chi connectivity index (χ2v) is 7.52. The number of nitrogens with zero attached hydrogens (tertiary/aromatic N) is 3. The maximum Gasteiger partial charge on any atom is 0.257 e. The Balaban J connectivity index is 1.46. The van der Waals surface area contributed by atoms with Gasteiger partial charge in [-0.2, -0.15) is 4.98 Å². The molecule has 0 N–H and O–H groups in total. The van der Waals surface area contributed by atoms with Gasteiger partial charge in [0.05, 0.1) is 6.61 Å². The Bertz CT molecular complexity index is 1030. The van der Waals surface area contributed by atoms with Gasteiger partial charge in [0.15, 0.2) is 5.82 Å². The van der Waals surface area contributed by atoms with Crippen LogP contribution in [0.15, 0.2) is 47.0 Å². The smallest absolute Gasteiger partial charge is 0.257 e. The fourth-order valence-electron chi connectivity index (χ4n) is 3.58. The van der Waals surface area contributed by atoms with E-state index in [2.05, 4.69) is 17.1 Å². The molecule has 0 radical (unpaired) electrons. The third kappa shape index (κ3) is 4.20. The molecule has 3 aromatic rings. The minimum absolute atomic E-state index is 0.0327. The van der Waals surface area contributed by atoms with Gasteiger partial charge in [-0.3, -0.25) is 4.79 Å². The molecule has 0 aliphatic carbocycles. The van der Waals surface area contributed by atoms with Crippen molar-refractivity contribution in [1.82, 2.24) is 10.1 Å². The van der Waals surface area contributed by atoms with Crippen LogP contribution in [0.2, 0.25) is 0 Å². The molecule has 2 heterocycles. The monoisotopic (exact) mass is 409 g/mol. The first-order chi connectivity index (χ1) is 14.5. The standard InChI is InChI=1S/C23H24FN3O3/c1-3-4-11-29-19-8-5-16(6-9-19)23-25-22(26-30-23)17-13-21(28)27(14-17)20-10-7-18(24)12-15(20)2/h5-10,12,17H,3-4,11,13-14H2,1-2H3. The number of unbranched alkanes of at least 4 members (excludes halogenated alkanes) is 1. The average molecular weight is 409 g/mol. The van der Waals surface area contributed by atoms with Crippen LogP contribution in [0.1, 0.15) is 43.5 Å². The van der Waals surface area contributed by atoms with E-state index in [0.29, 0.717) is 37.0 Å². The van der Waals surface area contributed by atoms with Crippen molar-refractivity contribution in [3.05, 3.63) is 59.7 Å². The first-order valence-electron chi connectivity index (χ1n) is 10.2. The fourth-order valence-corrected chi connectivity index (χ4v) is 3.58. The van der Waals surface area contributed by atoms with Gasteiger partial charge >= 0.3 is 0 Å². The largest absolute Gasteiger partial charge is 0.494 e. The number of benzene rings is 2. The lowest BCUT2D eigenvalue weighted by atomic mass is 10.1. The molecular weight excluding hydrogens is 385 g/mol. The van der Waals surface area contributed by atoms with Crippen LogP contribution in [-0.4, -0.2) is 29.2 Å². The topological polar surface area (TPSA) is 68.5 Å². The van der Waals surface area contributed by atoms with E-state index < -0.39 is 0 Å². The summed E-state index contributed by atoms with van der Waals surface area (Å²) in [5, 5.41) is 4.10. The van der Waals surface area contributed by atoms with Crippen LogP contribution in [0, 0.1) is 12.7 Å². The highest BCUT2D eigenvalue weighted by atomic mass is 19.1. The molecule has 0 bridgehead atoms. The number of amides is 1. The van der Waals surface area contributed by atoms with Gasteiger partial charge in [-0.15, -0.1) is 0 Å². The average Bonchev–Trinajstić information content (AvgIpc) is 3.36. The van der Waals surface area contributed by atoms with Crippen LogP contribution in [0.5, 0.6) is 5.75 Å².